The minimum absolute atomic E-state index is 0.0112. The van der Waals surface area contributed by atoms with Gasteiger partial charge in [-0.3, -0.25) is 4.79 Å². The molecule has 186 valence electrons. The van der Waals surface area contributed by atoms with Gasteiger partial charge >= 0.3 is 0 Å². The molecular formula is C28H35N3O3S. The van der Waals surface area contributed by atoms with Gasteiger partial charge in [-0.15, -0.1) is 0 Å². The molecule has 7 heteroatoms. The number of hydrogen-bond donors (Lipinski definition) is 0. The van der Waals surface area contributed by atoms with Gasteiger partial charge in [0.1, 0.15) is 5.84 Å². The summed E-state index contributed by atoms with van der Waals surface area (Å²) >= 11 is 0. The number of carbonyl (C=O) groups excluding carboxylic acids is 1. The molecule has 2 aromatic carbocycles. The molecule has 0 spiro atoms. The standard InChI is InChI=1S/C28H35N3O3S/c1-21-15-16-24(19-26(21)35(33,34)30-17-9-2-3-10-18-30)31-20-23-13-7-8-14-25(23)27(31)29-28(32)22-11-5-4-6-12-22/h7-8,13-16,19,22H,2-6,9-12,17-18,20H2,1H3. The van der Waals surface area contributed by atoms with Crippen molar-refractivity contribution in [1.29, 1.82) is 0 Å². The number of aliphatic imine (C=N–C) groups is 1. The predicted octanol–water partition coefficient (Wildman–Crippen LogP) is 5.43. The Morgan fingerprint density at radius 3 is 2.34 bits per heavy atom. The minimum Gasteiger partial charge on any atom is -0.321 e. The Balaban J connectivity index is 1.52. The van der Waals surface area contributed by atoms with Crippen LogP contribution in [0.3, 0.4) is 0 Å². The van der Waals surface area contributed by atoms with Crippen LogP contribution in [-0.4, -0.2) is 37.6 Å². The van der Waals surface area contributed by atoms with Crippen molar-refractivity contribution in [2.24, 2.45) is 10.9 Å². The summed E-state index contributed by atoms with van der Waals surface area (Å²) in [7, 11) is -3.59. The third-order valence-corrected chi connectivity index (χ3v) is 9.72. The molecule has 1 saturated carbocycles. The van der Waals surface area contributed by atoms with Gasteiger partial charge in [-0.25, -0.2) is 8.42 Å². The summed E-state index contributed by atoms with van der Waals surface area (Å²) in [4.78, 5) is 20.2. The smallest absolute Gasteiger partial charge is 0.250 e. The predicted molar refractivity (Wildman–Crippen MR) is 139 cm³/mol. The van der Waals surface area contributed by atoms with E-state index in [4.69, 9.17) is 0 Å². The van der Waals surface area contributed by atoms with Crippen LogP contribution in [0.5, 0.6) is 0 Å². The Morgan fingerprint density at radius 1 is 0.914 bits per heavy atom. The summed E-state index contributed by atoms with van der Waals surface area (Å²) in [6.07, 6.45) is 9.11. The third-order valence-electron chi connectivity index (χ3n) is 7.68. The van der Waals surface area contributed by atoms with Crippen molar-refractivity contribution in [3.63, 3.8) is 0 Å². The molecule has 0 unspecified atom stereocenters. The fourth-order valence-electron chi connectivity index (χ4n) is 5.60. The molecule has 1 amide bonds. The van der Waals surface area contributed by atoms with E-state index in [1.165, 1.54) is 6.42 Å². The lowest BCUT2D eigenvalue weighted by Gasteiger charge is -2.24. The first-order valence-corrected chi connectivity index (χ1v) is 14.5. The maximum absolute atomic E-state index is 13.6. The van der Waals surface area contributed by atoms with E-state index in [0.29, 0.717) is 30.4 Å². The molecule has 2 aliphatic heterocycles. The first-order chi connectivity index (χ1) is 16.9. The van der Waals surface area contributed by atoms with Crippen LogP contribution in [0, 0.1) is 12.8 Å². The molecule has 3 aliphatic rings. The van der Waals surface area contributed by atoms with E-state index in [-0.39, 0.29) is 11.8 Å². The number of anilines is 1. The average molecular weight is 494 g/mol. The van der Waals surface area contributed by atoms with Crippen molar-refractivity contribution in [3.05, 3.63) is 59.2 Å². The number of rotatable bonds is 4. The zero-order chi connectivity index (χ0) is 24.4. The van der Waals surface area contributed by atoms with Crippen molar-refractivity contribution in [2.45, 2.75) is 76.2 Å². The van der Waals surface area contributed by atoms with E-state index in [0.717, 1.165) is 73.7 Å². The molecule has 0 bridgehead atoms. The Hall–Kier alpha value is -2.51. The number of fused-ring (bicyclic) bond motifs is 1. The third kappa shape index (κ3) is 4.94. The van der Waals surface area contributed by atoms with E-state index >= 15 is 0 Å². The lowest BCUT2D eigenvalue weighted by molar-refractivity contribution is -0.122. The van der Waals surface area contributed by atoms with Crippen molar-refractivity contribution in [2.75, 3.05) is 18.0 Å². The number of amides is 1. The van der Waals surface area contributed by atoms with E-state index in [9.17, 15) is 13.2 Å². The number of benzene rings is 2. The number of carbonyl (C=O) groups is 1. The summed E-state index contributed by atoms with van der Waals surface area (Å²) in [5, 5.41) is 0. The summed E-state index contributed by atoms with van der Waals surface area (Å²) in [5.41, 5.74) is 3.55. The largest absolute Gasteiger partial charge is 0.321 e. The highest BCUT2D eigenvalue weighted by atomic mass is 32.2. The average Bonchev–Trinajstić information content (AvgIpc) is 3.03. The summed E-state index contributed by atoms with van der Waals surface area (Å²) in [6.45, 7) is 3.57. The highest BCUT2D eigenvalue weighted by Crippen LogP contribution is 2.33. The molecule has 6 nitrogen and oxygen atoms in total. The SMILES string of the molecule is Cc1ccc(N2Cc3ccccc3C2=NC(=O)C2CCCCC2)cc1S(=O)(=O)N1CCCCCC1. The fourth-order valence-corrected chi connectivity index (χ4v) is 7.36. The Kier molecular flexibility index (Phi) is 7.07. The molecule has 2 fully saturated rings. The van der Waals surface area contributed by atoms with Gasteiger partial charge in [-0.2, -0.15) is 9.30 Å². The van der Waals surface area contributed by atoms with Gasteiger partial charge < -0.3 is 4.90 Å². The van der Waals surface area contributed by atoms with Crippen LogP contribution < -0.4 is 4.90 Å². The second kappa shape index (κ2) is 10.2. The maximum atomic E-state index is 13.6. The normalized spacial score (nSPS) is 21.2. The van der Waals surface area contributed by atoms with E-state index < -0.39 is 10.0 Å². The molecule has 5 rings (SSSR count). The molecule has 0 N–H and O–H groups in total. The number of aryl methyl sites for hydroxylation is 1. The molecule has 2 heterocycles. The Labute approximate surface area is 209 Å². The van der Waals surface area contributed by atoms with Crippen molar-refractivity contribution < 1.29 is 13.2 Å². The van der Waals surface area contributed by atoms with Crippen LogP contribution >= 0.6 is 0 Å². The van der Waals surface area contributed by atoms with Gasteiger partial charge in [0.05, 0.1) is 11.4 Å². The highest BCUT2D eigenvalue weighted by Gasteiger charge is 2.32. The van der Waals surface area contributed by atoms with Gasteiger partial charge in [-0.1, -0.05) is 62.4 Å². The monoisotopic (exact) mass is 493 g/mol. The highest BCUT2D eigenvalue weighted by molar-refractivity contribution is 7.89. The molecule has 35 heavy (non-hydrogen) atoms. The zero-order valence-corrected chi connectivity index (χ0v) is 21.4. The zero-order valence-electron chi connectivity index (χ0n) is 20.6. The molecular weight excluding hydrogens is 458 g/mol. The van der Waals surface area contributed by atoms with Gasteiger partial charge in [0.25, 0.3) is 5.91 Å². The molecule has 0 aromatic heterocycles. The van der Waals surface area contributed by atoms with Crippen LogP contribution in [0.25, 0.3) is 0 Å². The summed E-state index contributed by atoms with van der Waals surface area (Å²) < 4.78 is 28.9. The molecule has 0 atom stereocenters. The van der Waals surface area contributed by atoms with E-state index in [1.54, 1.807) is 10.4 Å². The van der Waals surface area contributed by atoms with Gasteiger partial charge in [0.2, 0.25) is 10.0 Å². The number of amidine groups is 1. The fraction of sp³-hybridized carbons (Fsp3) is 0.500. The van der Waals surface area contributed by atoms with Crippen molar-refractivity contribution in [1.82, 2.24) is 4.31 Å². The van der Waals surface area contributed by atoms with Gasteiger partial charge in [0, 0.05) is 30.3 Å². The quantitative estimate of drug-likeness (QED) is 0.569. The number of nitrogens with zero attached hydrogens (tertiary/aromatic N) is 3. The van der Waals surface area contributed by atoms with Gasteiger partial charge in [-0.05, 0) is 55.9 Å². The van der Waals surface area contributed by atoms with Crippen LogP contribution in [0.1, 0.15) is 74.5 Å². The van der Waals surface area contributed by atoms with Crippen LogP contribution in [0.15, 0.2) is 52.4 Å². The maximum Gasteiger partial charge on any atom is 0.250 e. The summed E-state index contributed by atoms with van der Waals surface area (Å²) in [5.74, 6) is 0.576. The lowest BCUT2D eigenvalue weighted by atomic mass is 9.89. The number of hydrogen-bond acceptors (Lipinski definition) is 3. The molecule has 2 aromatic rings. The first-order valence-electron chi connectivity index (χ1n) is 13.0. The first kappa shape index (κ1) is 24.2. The van der Waals surface area contributed by atoms with E-state index in [2.05, 4.69) is 11.1 Å². The van der Waals surface area contributed by atoms with Crippen molar-refractivity contribution >= 4 is 27.5 Å². The molecule has 1 saturated heterocycles. The lowest BCUT2D eigenvalue weighted by Crippen LogP contribution is -2.33. The number of sulfonamides is 1. The Bertz CT molecular complexity index is 1220. The summed E-state index contributed by atoms with van der Waals surface area (Å²) in [6, 6.07) is 13.6. The van der Waals surface area contributed by atoms with Crippen LogP contribution in [0.4, 0.5) is 5.69 Å². The van der Waals surface area contributed by atoms with Crippen LogP contribution in [-0.2, 0) is 21.4 Å². The second-order valence-corrected chi connectivity index (χ2v) is 12.0. The Morgan fingerprint density at radius 2 is 1.60 bits per heavy atom. The van der Waals surface area contributed by atoms with E-state index in [1.807, 2.05) is 42.2 Å². The second-order valence-electron chi connectivity index (χ2n) is 10.1. The minimum atomic E-state index is -3.59. The van der Waals surface area contributed by atoms with Crippen LogP contribution in [0.2, 0.25) is 0 Å². The van der Waals surface area contributed by atoms with Gasteiger partial charge in [0.15, 0.2) is 0 Å². The van der Waals surface area contributed by atoms with Crippen molar-refractivity contribution in [3.8, 4) is 0 Å². The molecule has 0 radical (unpaired) electrons. The molecule has 1 aliphatic carbocycles. The topological polar surface area (TPSA) is 70.0 Å².